The smallest absolute Gasteiger partial charge is 0.342 e. The first kappa shape index (κ1) is 18.5. The van der Waals surface area contributed by atoms with Gasteiger partial charge in [0.25, 0.3) is 0 Å². The molecule has 0 saturated carbocycles. The van der Waals surface area contributed by atoms with Gasteiger partial charge in [-0.15, -0.1) is 11.8 Å². The minimum atomic E-state index is -1.04. The van der Waals surface area contributed by atoms with E-state index < -0.39 is 5.97 Å². The van der Waals surface area contributed by atoms with Crippen LogP contribution in [-0.4, -0.2) is 22.7 Å². The summed E-state index contributed by atoms with van der Waals surface area (Å²) < 4.78 is 0. The Morgan fingerprint density at radius 3 is 2.24 bits per heavy atom. The van der Waals surface area contributed by atoms with E-state index in [1.165, 1.54) is 0 Å². The first-order valence-corrected chi connectivity index (χ1v) is 8.69. The summed E-state index contributed by atoms with van der Waals surface area (Å²) in [6.07, 6.45) is 3.48. The van der Waals surface area contributed by atoms with Gasteiger partial charge in [-0.1, -0.05) is 54.6 Å². The Morgan fingerprint density at radius 1 is 1.04 bits per heavy atom. The molecule has 0 aromatic heterocycles. The van der Waals surface area contributed by atoms with Gasteiger partial charge in [0.2, 0.25) is 5.91 Å². The summed E-state index contributed by atoms with van der Waals surface area (Å²) in [4.78, 5) is 23.5. The molecule has 0 spiro atoms. The maximum absolute atomic E-state index is 11.9. The monoisotopic (exact) mass is 353 g/mol. The number of nitrogens with one attached hydrogen (secondary N) is 1. The zero-order chi connectivity index (χ0) is 18.1. The van der Waals surface area contributed by atoms with Crippen LogP contribution in [0.2, 0.25) is 0 Å². The molecule has 2 aromatic rings. The van der Waals surface area contributed by atoms with E-state index >= 15 is 0 Å². The molecule has 0 unspecified atom stereocenters. The molecule has 128 valence electrons. The molecule has 0 heterocycles. The van der Waals surface area contributed by atoms with Crippen molar-refractivity contribution in [3.05, 3.63) is 82.8 Å². The molecular formula is C20H19NO3S. The molecule has 0 fully saturated rings. The van der Waals surface area contributed by atoms with E-state index in [1.54, 1.807) is 18.2 Å². The van der Waals surface area contributed by atoms with Crippen LogP contribution < -0.4 is 5.32 Å². The molecule has 0 bridgehead atoms. The maximum atomic E-state index is 11.9. The molecule has 1 amide bonds. The topological polar surface area (TPSA) is 66.4 Å². The van der Waals surface area contributed by atoms with Crippen molar-refractivity contribution in [3.8, 4) is 0 Å². The predicted octanol–water partition coefficient (Wildman–Crippen LogP) is 4.43. The van der Waals surface area contributed by atoms with Gasteiger partial charge in [0, 0.05) is 5.69 Å². The van der Waals surface area contributed by atoms with Crippen LogP contribution >= 0.6 is 11.8 Å². The van der Waals surface area contributed by atoms with Crippen molar-refractivity contribution >= 4 is 35.4 Å². The number of carboxylic acids is 1. The molecular weight excluding hydrogens is 334 g/mol. The average molecular weight is 353 g/mol. The summed E-state index contributed by atoms with van der Waals surface area (Å²) in [5.74, 6) is -1.25. The molecule has 2 N–H and O–H groups in total. The van der Waals surface area contributed by atoms with Crippen molar-refractivity contribution < 1.29 is 14.7 Å². The fraction of sp³-hybridized carbons (Fsp3) is 0.100. The summed E-state index contributed by atoms with van der Waals surface area (Å²) in [6.45, 7) is 1.83. The molecule has 2 rings (SSSR count). The number of aliphatic carboxylic acids is 1. The number of carboxylic acid groups (broad SMARTS) is 1. The van der Waals surface area contributed by atoms with Gasteiger partial charge >= 0.3 is 5.97 Å². The van der Waals surface area contributed by atoms with Crippen LogP contribution in [0.1, 0.15) is 12.5 Å². The van der Waals surface area contributed by atoms with E-state index in [9.17, 15) is 14.7 Å². The fourth-order valence-corrected chi connectivity index (χ4v) is 2.84. The van der Waals surface area contributed by atoms with Crippen LogP contribution in [-0.2, 0) is 9.59 Å². The normalized spacial score (nSPS) is 11.9. The molecule has 0 aliphatic carbocycles. The van der Waals surface area contributed by atoms with Gasteiger partial charge in [0.05, 0.1) is 10.7 Å². The maximum Gasteiger partial charge on any atom is 0.342 e. The van der Waals surface area contributed by atoms with Crippen LogP contribution in [0.5, 0.6) is 0 Å². The molecule has 0 atom stereocenters. The van der Waals surface area contributed by atoms with Crippen molar-refractivity contribution in [1.29, 1.82) is 0 Å². The summed E-state index contributed by atoms with van der Waals surface area (Å²) in [5.41, 5.74) is 2.49. The van der Waals surface area contributed by atoms with Gasteiger partial charge in [0.15, 0.2) is 0 Å². The highest BCUT2D eigenvalue weighted by Gasteiger charge is 2.11. The van der Waals surface area contributed by atoms with Crippen molar-refractivity contribution in [3.63, 3.8) is 0 Å². The van der Waals surface area contributed by atoms with Crippen molar-refractivity contribution in [2.45, 2.75) is 6.92 Å². The number of hydrogen-bond donors (Lipinski definition) is 2. The summed E-state index contributed by atoms with van der Waals surface area (Å²) in [5, 5.41) is 12.1. The van der Waals surface area contributed by atoms with Crippen LogP contribution in [0, 0.1) is 0 Å². The lowest BCUT2D eigenvalue weighted by Gasteiger charge is -2.06. The third kappa shape index (κ3) is 6.69. The molecule has 25 heavy (non-hydrogen) atoms. The van der Waals surface area contributed by atoms with Crippen LogP contribution in [0.15, 0.2) is 77.2 Å². The van der Waals surface area contributed by atoms with E-state index in [-0.39, 0.29) is 16.6 Å². The lowest BCUT2D eigenvalue weighted by Crippen LogP contribution is -2.14. The molecule has 2 aromatic carbocycles. The van der Waals surface area contributed by atoms with Crippen LogP contribution in [0.3, 0.4) is 0 Å². The van der Waals surface area contributed by atoms with Gasteiger partial charge < -0.3 is 10.4 Å². The lowest BCUT2D eigenvalue weighted by atomic mass is 10.1. The summed E-state index contributed by atoms with van der Waals surface area (Å²) in [6, 6.07) is 18.7. The van der Waals surface area contributed by atoms with Gasteiger partial charge in [-0.05, 0) is 36.3 Å². The Bertz CT molecular complexity index is 783. The Morgan fingerprint density at radius 2 is 1.64 bits per heavy atom. The number of rotatable bonds is 7. The van der Waals surface area contributed by atoms with Crippen molar-refractivity contribution in [1.82, 2.24) is 0 Å². The van der Waals surface area contributed by atoms with E-state index in [2.05, 4.69) is 5.32 Å². The number of amides is 1. The van der Waals surface area contributed by atoms with Crippen LogP contribution in [0.25, 0.3) is 6.08 Å². The Balaban J connectivity index is 1.99. The minimum Gasteiger partial charge on any atom is -0.477 e. The molecule has 0 aliphatic rings. The second-order valence-electron chi connectivity index (χ2n) is 5.32. The molecule has 0 saturated heterocycles. The van der Waals surface area contributed by atoms with Crippen molar-refractivity contribution in [2.24, 2.45) is 0 Å². The third-order valence-corrected chi connectivity index (χ3v) is 4.19. The number of thioether (sulfide) groups is 1. The third-order valence-electron chi connectivity index (χ3n) is 3.18. The van der Waals surface area contributed by atoms with Crippen LogP contribution in [0.4, 0.5) is 5.69 Å². The second kappa shape index (κ2) is 9.49. The van der Waals surface area contributed by atoms with Gasteiger partial charge in [-0.2, -0.15) is 0 Å². The zero-order valence-electron chi connectivity index (χ0n) is 13.8. The quantitative estimate of drug-likeness (QED) is 0.571. The average Bonchev–Trinajstić information content (AvgIpc) is 2.60. The van der Waals surface area contributed by atoms with E-state index in [1.807, 2.05) is 61.5 Å². The first-order chi connectivity index (χ1) is 12.0. The Labute approximate surface area is 151 Å². The lowest BCUT2D eigenvalue weighted by molar-refractivity contribution is -0.131. The molecule has 5 heteroatoms. The number of carbonyl (C=O) groups is 2. The van der Waals surface area contributed by atoms with E-state index in [4.69, 9.17) is 0 Å². The predicted molar refractivity (Wildman–Crippen MR) is 103 cm³/mol. The first-order valence-electron chi connectivity index (χ1n) is 7.70. The number of benzene rings is 2. The number of anilines is 1. The van der Waals surface area contributed by atoms with Gasteiger partial charge in [-0.3, -0.25) is 4.79 Å². The summed E-state index contributed by atoms with van der Waals surface area (Å²) in [7, 11) is 0. The Hall–Kier alpha value is -2.79. The highest BCUT2D eigenvalue weighted by atomic mass is 32.2. The van der Waals surface area contributed by atoms with Crippen molar-refractivity contribution in [2.75, 3.05) is 11.1 Å². The molecule has 4 nitrogen and oxygen atoms in total. The highest BCUT2D eigenvalue weighted by molar-refractivity contribution is 8.04. The second-order valence-corrected chi connectivity index (χ2v) is 6.33. The largest absolute Gasteiger partial charge is 0.477 e. The standard InChI is InChI=1S/C20H19NO3S/c1-15(12-16-8-4-2-5-9-16)13-18(20(23)24)25-14-19(22)21-17-10-6-3-7-11-17/h2-13H,14H2,1H3,(H,21,22)(H,23,24)/b15-12+,18-13+. The Kier molecular flexibility index (Phi) is 7.04. The highest BCUT2D eigenvalue weighted by Crippen LogP contribution is 2.20. The number of para-hydroxylation sites is 1. The number of hydrogen-bond acceptors (Lipinski definition) is 3. The number of carbonyl (C=O) groups excluding carboxylic acids is 1. The minimum absolute atomic E-state index is 0.0334. The molecule has 0 radical (unpaired) electrons. The van der Waals surface area contributed by atoms with Gasteiger partial charge in [-0.25, -0.2) is 4.79 Å². The van der Waals surface area contributed by atoms with E-state index in [0.29, 0.717) is 5.69 Å². The number of allylic oxidation sites excluding steroid dienone is 2. The fourth-order valence-electron chi connectivity index (χ4n) is 2.09. The zero-order valence-corrected chi connectivity index (χ0v) is 14.6. The van der Waals surface area contributed by atoms with E-state index in [0.717, 1.165) is 22.9 Å². The molecule has 0 aliphatic heterocycles. The SMILES string of the molecule is CC(=C\c1ccccc1)/C=C(/SCC(=O)Nc1ccccc1)C(=O)O. The summed E-state index contributed by atoms with van der Waals surface area (Å²) >= 11 is 1.00. The van der Waals surface area contributed by atoms with Gasteiger partial charge in [0.1, 0.15) is 0 Å².